The Hall–Kier alpha value is -4.30. The van der Waals surface area contributed by atoms with E-state index in [4.69, 9.17) is 0 Å². The molecule has 0 aliphatic carbocycles. The first-order valence-corrected chi connectivity index (χ1v) is 13.0. The fourth-order valence-corrected chi connectivity index (χ4v) is 6.14. The molecule has 2 heterocycles. The standard InChI is InChI=1S/C35H32N2/c1-5-26-23-24(2)29-16-11-12-18-33(29)37(28-14-7-6-8-15-28)25(3)34(26)35-32-20-19-27-13-9-10-17-30(27)31(32)21-22-36(35)4/h5-23,25,35H,1H2,2-4H3/b24-23+,34-26+. The summed E-state index contributed by atoms with van der Waals surface area (Å²) in [6.45, 7) is 8.85. The molecule has 182 valence electrons. The van der Waals surface area contributed by atoms with Crippen molar-refractivity contribution in [3.8, 4) is 0 Å². The molecular weight excluding hydrogens is 448 g/mol. The van der Waals surface area contributed by atoms with E-state index in [1.165, 1.54) is 55.6 Å². The summed E-state index contributed by atoms with van der Waals surface area (Å²) in [6, 6.07) is 32.9. The monoisotopic (exact) mass is 480 g/mol. The number of rotatable bonds is 3. The van der Waals surface area contributed by atoms with Crippen LogP contribution in [0.15, 0.2) is 127 Å². The molecule has 2 atom stereocenters. The van der Waals surface area contributed by atoms with E-state index < -0.39 is 0 Å². The first kappa shape index (κ1) is 23.1. The van der Waals surface area contributed by atoms with Crippen molar-refractivity contribution in [1.82, 2.24) is 4.90 Å². The van der Waals surface area contributed by atoms with E-state index in [0.29, 0.717) is 0 Å². The van der Waals surface area contributed by atoms with Gasteiger partial charge in [0.15, 0.2) is 0 Å². The van der Waals surface area contributed by atoms with Gasteiger partial charge in [-0.15, -0.1) is 0 Å². The van der Waals surface area contributed by atoms with Gasteiger partial charge in [0.2, 0.25) is 0 Å². The number of hydrogen-bond donors (Lipinski definition) is 0. The molecule has 0 N–H and O–H groups in total. The van der Waals surface area contributed by atoms with Gasteiger partial charge in [-0.2, -0.15) is 0 Å². The van der Waals surface area contributed by atoms with E-state index in [2.05, 4.69) is 147 Å². The van der Waals surface area contributed by atoms with Crippen LogP contribution < -0.4 is 4.90 Å². The highest BCUT2D eigenvalue weighted by molar-refractivity contribution is 5.93. The van der Waals surface area contributed by atoms with Crippen LogP contribution in [-0.2, 0) is 0 Å². The Morgan fingerprint density at radius 2 is 1.57 bits per heavy atom. The average Bonchev–Trinajstić information content (AvgIpc) is 2.93. The van der Waals surface area contributed by atoms with Crippen molar-refractivity contribution in [2.75, 3.05) is 11.9 Å². The molecule has 37 heavy (non-hydrogen) atoms. The predicted molar refractivity (Wildman–Crippen MR) is 159 cm³/mol. The van der Waals surface area contributed by atoms with Crippen molar-refractivity contribution in [3.63, 3.8) is 0 Å². The highest BCUT2D eigenvalue weighted by atomic mass is 15.2. The first-order chi connectivity index (χ1) is 18.1. The molecule has 6 rings (SSSR count). The molecule has 2 aliphatic heterocycles. The molecule has 4 aromatic carbocycles. The van der Waals surface area contributed by atoms with Gasteiger partial charge in [-0.25, -0.2) is 0 Å². The van der Waals surface area contributed by atoms with Crippen LogP contribution in [0.3, 0.4) is 0 Å². The van der Waals surface area contributed by atoms with E-state index >= 15 is 0 Å². The SMILES string of the molecule is C=CC1=C(\C2c3ccc4ccccc4c3C=CN2C)C(C)N(c2ccccc2)c2ccccc2\C(C)=C\1. The van der Waals surface area contributed by atoms with E-state index in [9.17, 15) is 0 Å². The maximum absolute atomic E-state index is 4.30. The fourth-order valence-electron chi connectivity index (χ4n) is 6.14. The number of para-hydroxylation sites is 2. The molecular formula is C35H32N2. The Balaban J connectivity index is 1.64. The molecule has 0 aromatic heterocycles. The molecule has 2 unspecified atom stereocenters. The summed E-state index contributed by atoms with van der Waals surface area (Å²) < 4.78 is 0. The van der Waals surface area contributed by atoms with Crippen LogP contribution in [0.1, 0.15) is 36.6 Å². The lowest BCUT2D eigenvalue weighted by molar-refractivity contribution is 0.362. The van der Waals surface area contributed by atoms with E-state index in [1.54, 1.807) is 0 Å². The Kier molecular flexibility index (Phi) is 5.81. The number of anilines is 2. The minimum absolute atomic E-state index is 0.0770. The number of benzene rings is 4. The predicted octanol–water partition coefficient (Wildman–Crippen LogP) is 8.92. The second-order valence-corrected chi connectivity index (χ2v) is 10.0. The van der Waals surface area contributed by atoms with Gasteiger partial charge in [0, 0.05) is 30.2 Å². The van der Waals surface area contributed by atoms with E-state index in [0.717, 1.165) is 0 Å². The minimum Gasteiger partial charge on any atom is -0.370 e. The Labute approximate surface area is 220 Å². The molecule has 0 saturated heterocycles. The van der Waals surface area contributed by atoms with Gasteiger partial charge in [-0.3, -0.25) is 0 Å². The molecule has 2 aliphatic rings. The highest BCUT2D eigenvalue weighted by Gasteiger charge is 2.35. The topological polar surface area (TPSA) is 6.48 Å². The Morgan fingerprint density at radius 1 is 0.838 bits per heavy atom. The Bertz CT molecular complexity index is 1590. The molecule has 0 bridgehead atoms. The van der Waals surface area contributed by atoms with Gasteiger partial charge in [0.25, 0.3) is 0 Å². The van der Waals surface area contributed by atoms with Crippen LogP contribution in [-0.4, -0.2) is 18.0 Å². The summed E-state index contributed by atoms with van der Waals surface area (Å²) in [4.78, 5) is 4.85. The normalized spacial score (nSPS) is 22.5. The van der Waals surface area contributed by atoms with Crippen LogP contribution in [0.5, 0.6) is 0 Å². The third-order valence-electron chi connectivity index (χ3n) is 7.86. The number of fused-ring (bicyclic) bond motifs is 4. The number of hydrogen-bond acceptors (Lipinski definition) is 2. The maximum atomic E-state index is 4.30. The molecule has 4 aromatic rings. The fraction of sp³-hybridized carbons (Fsp3) is 0.143. The van der Waals surface area contributed by atoms with Crippen LogP contribution in [0, 0.1) is 0 Å². The van der Waals surface area contributed by atoms with Crippen LogP contribution in [0.4, 0.5) is 11.4 Å². The van der Waals surface area contributed by atoms with Crippen LogP contribution >= 0.6 is 0 Å². The number of nitrogens with zero attached hydrogens (tertiary/aromatic N) is 2. The molecule has 0 saturated carbocycles. The zero-order valence-electron chi connectivity index (χ0n) is 21.7. The van der Waals surface area contributed by atoms with Crippen molar-refractivity contribution >= 4 is 33.8 Å². The van der Waals surface area contributed by atoms with Gasteiger partial charge >= 0.3 is 0 Å². The third-order valence-corrected chi connectivity index (χ3v) is 7.86. The van der Waals surface area contributed by atoms with Gasteiger partial charge in [-0.1, -0.05) is 91.5 Å². The molecule has 0 radical (unpaired) electrons. The van der Waals surface area contributed by atoms with Crippen molar-refractivity contribution in [2.24, 2.45) is 0 Å². The number of allylic oxidation sites excluding steroid dienone is 4. The van der Waals surface area contributed by atoms with Crippen LogP contribution in [0.2, 0.25) is 0 Å². The zero-order valence-corrected chi connectivity index (χ0v) is 21.7. The lowest BCUT2D eigenvalue weighted by atomic mass is 9.81. The van der Waals surface area contributed by atoms with Crippen molar-refractivity contribution in [2.45, 2.75) is 25.9 Å². The summed E-state index contributed by atoms with van der Waals surface area (Å²) >= 11 is 0. The second-order valence-electron chi connectivity index (χ2n) is 10.0. The van der Waals surface area contributed by atoms with Gasteiger partial charge in [-0.05, 0) is 76.7 Å². The summed E-state index contributed by atoms with van der Waals surface area (Å²) in [7, 11) is 2.19. The van der Waals surface area contributed by atoms with Gasteiger partial charge in [0.1, 0.15) is 0 Å². The third kappa shape index (κ3) is 3.81. The van der Waals surface area contributed by atoms with E-state index in [-0.39, 0.29) is 12.1 Å². The lowest BCUT2D eigenvalue weighted by Crippen LogP contribution is -2.38. The summed E-state index contributed by atoms with van der Waals surface area (Å²) in [5, 5.41) is 2.57. The van der Waals surface area contributed by atoms with Crippen molar-refractivity contribution < 1.29 is 0 Å². The molecule has 2 heteroatoms. The average molecular weight is 481 g/mol. The summed E-state index contributed by atoms with van der Waals surface area (Å²) in [5.41, 5.74) is 10.1. The van der Waals surface area contributed by atoms with Crippen molar-refractivity contribution in [3.05, 3.63) is 144 Å². The van der Waals surface area contributed by atoms with E-state index in [1.807, 2.05) is 6.08 Å². The summed E-state index contributed by atoms with van der Waals surface area (Å²) in [5.74, 6) is 0. The number of likely N-dealkylation sites (N-methyl/N-ethyl adjacent to an activating group) is 1. The maximum Gasteiger partial charge on any atom is 0.0781 e. The Morgan fingerprint density at radius 3 is 2.38 bits per heavy atom. The minimum atomic E-state index is 0.0770. The molecule has 0 spiro atoms. The van der Waals surface area contributed by atoms with Crippen LogP contribution in [0.25, 0.3) is 22.4 Å². The van der Waals surface area contributed by atoms with Gasteiger partial charge < -0.3 is 9.80 Å². The first-order valence-electron chi connectivity index (χ1n) is 13.0. The summed E-state index contributed by atoms with van der Waals surface area (Å²) in [6.07, 6.45) is 8.86. The smallest absolute Gasteiger partial charge is 0.0781 e. The largest absolute Gasteiger partial charge is 0.370 e. The highest BCUT2D eigenvalue weighted by Crippen LogP contribution is 2.46. The molecule has 0 fully saturated rings. The lowest BCUT2D eigenvalue weighted by Gasteiger charge is -2.43. The van der Waals surface area contributed by atoms with Gasteiger partial charge in [0.05, 0.1) is 12.1 Å². The second kappa shape index (κ2) is 9.29. The zero-order chi connectivity index (χ0) is 25.5. The van der Waals surface area contributed by atoms with Crippen molar-refractivity contribution in [1.29, 1.82) is 0 Å². The molecule has 2 nitrogen and oxygen atoms in total. The quantitative estimate of drug-likeness (QED) is 0.289. The molecule has 0 amide bonds.